The largest absolute Gasteiger partial charge is 0.394 e. The minimum atomic E-state index is -0.252. The molecular formula is C12H14N4O. The van der Waals surface area contributed by atoms with E-state index in [0.29, 0.717) is 5.82 Å². The predicted molar refractivity (Wildman–Crippen MR) is 68.6 cm³/mol. The van der Waals surface area contributed by atoms with E-state index in [9.17, 15) is 4.79 Å². The van der Waals surface area contributed by atoms with Gasteiger partial charge in [0.05, 0.1) is 17.6 Å². The summed E-state index contributed by atoms with van der Waals surface area (Å²) in [7, 11) is 3.87. The Labute approximate surface area is 99.1 Å². The van der Waals surface area contributed by atoms with E-state index in [1.807, 2.05) is 25.1 Å². The molecule has 2 heterocycles. The van der Waals surface area contributed by atoms with E-state index < -0.39 is 0 Å². The normalized spacial score (nSPS) is 10.2. The molecule has 2 aromatic rings. The van der Waals surface area contributed by atoms with Crippen LogP contribution in [0, 0.1) is 0 Å². The van der Waals surface area contributed by atoms with E-state index in [-0.39, 0.29) is 11.2 Å². The van der Waals surface area contributed by atoms with Crippen molar-refractivity contribution >= 4 is 11.4 Å². The Bertz CT molecular complexity index is 572. The average Bonchev–Trinajstić information content (AvgIpc) is 2.33. The summed E-state index contributed by atoms with van der Waals surface area (Å²) in [5.74, 6) is 0.563. The van der Waals surface area contributed by atoms with Crippen LogP contribution in [0.5, 0.6) is 0 Å². The SMILES string of the molecule is CN(C)c1ccc(-n2cccc(N)c2=O)nc1. The minimum absolute atomic E-state index is 0.214. The standard InChI is InChI=1S/C12H14N4O/c1-15(2)9-5-6-11(14-8-9)16-7-3-4-10(13)12(16)17/h3-8H,13H2,1-2H3. The van der Waals surface area contributed by atoms with Crippen molar-refractivity contribution in [3.63, 3.8) is 0 Å². The molecule has 0 saturated carbocycles. The molecule has 0 atom stereocenters. The van der Waals surface area contributed by atoms with Gasteiger partial charge in [0, 0.05) is 20.3 Å². The number of rotatable bonds is 2. The monoisotopic (exact) mass is 230 g/mol. The molecule has 0 unspecified atom stereocenters. The first-order valence-electron chi connectivity index (χ1n) is 5.20. The molecule has 0 fully saturated rings. The van der Waals surface area contributed by atoms with Gasteiger partial charge in [0.15, 0.2) is 0 Å². The van der Waals surface area contributed by atoms with Crippen molar-refractivity contribution in [1.29, 1.82) is 0 Å². The number of nitrogens with two attached hydrogens (primary N) is 1. The molecule has 0 aliphatic carbocycles. The Morgan fingerprint density at radius 1 is 1.29 bits per heavy atom. The molecule has 2 aromatic heterocycles. The van der Waals surface area contributed by atoms with Gasteiger partial charge < -0.3 is 10.6 Å². The van der Waals surface area contributed by atoms with Crippen LogP contribution in [0.4, 0.5) is 11.4 Å². The molecule has 5 nitrogen and oxygen atoms in total. The molecule has 0 aliphatic rings. The first kappa shape index (κ1) is 11.2. The number of nitrogens with zero attached hydrogens (tertiary/aromatic N) is 3. The van der Waals surface area contributed by atoms with Crippen LogP contribution in [0.1, 0.15) is 0 Å². The highest BCUT2D eigenvalue weighted by molar-refractivity contribution is 5.46. The minimum Gasteiger partial charge on any atom is -0.394 e. The van der Waals surface area contributed by atoms with Crippen molar-refractivity contribution in [2.75, 3.05) is 24.7 Å². The van der Waals surface area contributed by atoms with Crippen LogP contribution >= 0.6 is 0 Å². The number of anilines is 2. The van der Waals surface area contributed by atoms with E-state index in [1.54, 1.807) is 30.6 Å². The van der Waals surface area contributed by atoms with Gasteiger partial charge in [-0.15, -0.1) is 0 Å². The average molecular weight is 230 g/mol. The summed E-state index contributed by atoms with van der Waals surface area (Å²) in [6, 6.07) is 6.99. The van der Waals surface area contributed by atoms with E-state index >= 15 is 0 Å². The molecule has 0 aromatic carbocycles. The van der Waals surface area contributed by atoms with Crippen LogP contribution in [-0.4, -0.2) is 23.6 Å². The summed E-state index contributed by atoms with van der Waals surface area (Å²) in [6.07, 6.45) is 3.36. The molecule has 2 rings (SSSR count). The fourth-order valence-electron chi connectivity index (χ4n) is 1.48. The lowest BCUT2D eigenvalue weighted by molar-refractivity contribution is 0.941. The molecular weight excluding hydrogens is 216 g/mol. The van der Waals surface area contributed by atoms with E-state index in [2.05, 4.69) is 4.98 Å². The second kappa shape index (κ2) is 4.29. The van der Waals surface area contributed by atoms with Gasteiger partial charge in [0.25, 0.3) is 5.56 Å². The van der Waals surface area contributed by atoms with Crippen LogP contribution in [0.15, 0.2) is 41.5 Å². The van der Waals surface area contributed by atoms with Crippen LogP contribution in [-0.2, 0) is 0 Å². The van der Waals surface area contributed by atoms with Crippen LogP contribution < -0.4 is 16.2 Å². The van der Waals surface area contributed by atoms with Gasteiger partial charge in [0.1, 0.15) is 5.82 Å². The van der Waals surface area contributed by atoms with Crippen LogP contribution in [0.2, 0.25) is 0 Å². The maximum Gasteiger partial charge on any atom is 0.279 e. The zero-order valence-electron chi connectivity index (χ0n) is 9.79. The third-order valence-electron chi connectivity index (χ3n) is 2.47. The summed E-state index contributed by atoms with van der Waals surface area (Å²) in [5, 5.41) is 0. The van der Waals surface area contributed by atoms with Gasteiger partial charge in [-0.05, 0) is 24.3 Å². The molecule has 0 bridgehead atoms. The molecule has 88 valence electrons. The molecule has 0 radical (unpaired) electrons. The molecule has 0 amide bonds. The Balaban J connectivity index is 2.47. The molecule has 0 saturated heterocycles. The van der Waals surface area contributed by atoms with Gasteiger partial charge >= 0.3 is 0 Å². The fourth-order valence-corrected chi connectivity index (χ4v) is 1.48. The quantitative estimate of drug-likeness (QED) is 0.831. The lowest BCUT2D eigenvalue weighted by Gasteiger charge is -2.12. The van der Waals surface area contributed by atoms with Gasteiger partial charge in [-0.3, -0.25) is 9.36 Å². The summed E-state index contributed by atoms with van der Waals surface area (Å²) in [6.45, 7) is 0. The third-order valence-corrected chi connectivity index (χ3v) is 2.47. The van der Waals surface area contributed by atoms with Crippen molar-refractivity contribution < 1.29 is 0 Å². The van der Waals surface area contributed by atoms with E-state index in [4.69, 9.17) is 5.73 Å². The van der Waals surface area contributed by atoms with Crippen LogP contribution in [0.25, 0.3) is 5.82 Å². The first-order chi connectivity index (χ1) is 8.09. The number of hydrogen-bond acceptors (Lipinski definition) is 4. The lowest BCUT2D eigenvalue weighted by Crippen LogP contribution is -2.21. The van der Waals surface area contributed by atoms with Crippen molar-refractivity contribution in [2.45, 2.75) is 0 Å². The predicted octanol–water partition coefficient (Wildman–Crippen LogP) is 0.881. The Kier molecular flexibility index (Phi) is 2.82. The van der Waals surface area contributed by atoms with Gasteiger partial charge in [-0.2, -0.15) is 0 Å². The van der Waals surface area contributed by atoms with Crippen molar-refractivity contribution in [3.8, 4) is 5.82 Å². The zero-order chi connectivity index (χ0) is 12.4. The summed E-state index contributed by atoms with van der Waals surface area (Å²) in [5.41, 5.74) is 6.51. The van der Waals surface area contributed by atoms with E-state index in [1.165, 1.54) is 4.57 Å². The number of aromatic nitrogens is 2. The number of hydrogen-bond donors (Lipinski definition) is 1. The maximum atomic E-state index is 11.8. The molecule has 5 heteroatoms. The zero-order valence-corrected chi connectivity index (χ0v) is 9.79. The van der Waals surface area contributed by atoms with Gasteiger partial charge in [-0.25, -0.2) is 4.98 Å². The van der Waals surface area contributed by atoms with Gasteiger partial charge in [-0.1, -0.05) is 0 Å². The first-order valence-corrected chi connectivity index (χ1v) is 5.20. The van der Waals surface area contributed by atoms with Gasteiger partial charge in [0.2, 0.25) is 0 Å². The number of pyridine rings is 2. The lowest BCUT2D eigenvalue weighted by atomic mass is 10.3. The summed E-state index contributed by atoms with van der Waals surface area (Å²) >= 11 is 0. The Morgan fingerprint density at radius 3 is 2.65 bits per heavy atom. The number of nitrogen functional groups attached to an aromatic ring is 1. The maximum absolute atomic E-state index is 11.8. The Hall–Kier alpha value is -2.30. The highest BCUT2D eigenvalue weighted by Crippen LogP contribution is 2.11. The summed E-state index contributed by atoms with van der Waals surface area (Å²) < 4.78 is 1.43. The Morgan fingerprint density at radius 2 is 2.06 bits per heavy atom. The highest BCUT2D eigenvalue weighted by atomic mass is 16.1. The smallest absolute Gasteiger partial charge is 0.279 e. The van der Waals surface area contributed by atoms with Crippen LogP contribution in [0.3, 0.4) is 0 Å². The van der Waals surface area contributed by atoms with E-state index in [0.717, 1.165) is 5.69 Å². The van der Waals surface area contributed by atoms with Crippen molar-refractivity contribution in [3.05, 3.63) is 47.0 Å². The third kappa shape index (κ3) is 2.13. The fraction of sp³-hybridized carbons (Fsp3) is 0.167. The molecule has 0 spiro atoms. The second-order valence-electron chi connectivity index (χ2n) is 3.91. The topological polar surface area (TPSA) is 64.2 Å². The molecule has 17 heavy (non-hydrogen) atoms. The van der Waals surface area contributed by atoms with Crippen molar-refractivity contribution in [2.24, 2.45) is 0 Å². The second-order valence-corrected chi connectivity index (χ2v) is 3.91. The molecule has 2 N–H and O–H groups in total. The van der Waals surface area contributed by atoms with Crippen molar-refractivity contribution in [1.82, 2.24) is 9.55 Å². The highest BCUT2D eigenvalue weighted by Gasteiger charge is 2.03. The summed E-state index contributed by atoms with van der Waals surface area (Å²) in [4.78, 5) is 18.0. The molecule has 0 aliphatic heterocycles.